The van der Waals surface area contributed by atoms with Crippen LogP contribution in [0.4, 0.5) is 0 Å². The number of hydrogen-bond acceptors (Lipinski definition) is 5. The number of halogens is 1. The highest BCUT2D eigenvalue weighted by molar-refractivity contribution is 7.89. The second kappa shape index (κ2) is 6.78. The fourth-order valence-electron chi connectivity index (χ4n) is 1.67. The molecule has 2 rings (SSSR count). The van der Waals surface area contributed by atoms with E-state index < -0.39 is 15.6 Å². The lowest BCUT2D eigenvalue weighted by atomic mass is 10.1. The fourth-order valence-corrected chi connectivity index (χ4v) is 2.89. The summed E-state index contributed by atoms with van der Waals surface area (Å²) >= 11 is 0. The first-order chi connectivity index (χ1) is 9.67. The minimum absolute atomic E-state index is 0. The van der Waals surface area contributed by atoms with Gasteiger partial charge in [-0.3, -0.25) is 0 Å². The van der Waals surface area contributed by atoms with Crippen LogP contribution in [-0.2, 0) is 10.0 Å². The Hall–Kier alpha value is -1.41. The molecule has 0 aliphatic rings. The Kier molecular flexibility index (Phi) is 5.75. The van der Waals surface area contributed by atoms with Crippen LogP contribution < -0.4 is 10.5 Å². The predicted octanol–water partition coefficient (Wildman–Crippen LogP) is 2.09. The van der Waals surface area contributed by atoms with Gasteiger partial charge in [-0.15, -0.1) is 12.4 Å². The van der Waals surface area contributed by atoms with E-state index >= 15 is 0 Å². The number of oxazole rings is 1. The lowest BCUT2D eigenvalue weighted by Gasteiger charge is -2.18. The molecule has 0 saturated carbocycles. The van der Waals surface area contributed by atoms with E-state index in [4.69, 9.17) is 10.2 Å². The topological polar surface area (TPSA) is 98.2 Å². The maximum Gasteiger partial charge on any atom is 0.240 e. The first-order valence-electron chi connectivity index (χ1n) is 6.48. The molecule has 1 aromatic carbocycles. The number of benzene rings is 1. The lowest BCUT2D eigenvalue weighted by molar-refractivity contribution is 0.498. The fraction of sp³-hybridized carbons (Fsp3) is 0.357. The Balaban J connectivity index is 0.00000242. The lowest BCUT2D eigenvalue weighted by Crippen LogP contribution is -2.45. The van der Waals surface area contributed by atoms with E-state index in [-0.39, 0.29) is 23.8 Å². The van der Waals surface area contributed by atoms with Crippen molar-refractivity contribution in [3.05, 3.63) is 36.4 Å². The van der Waals surface area contributed by atoms with Crippen LogP contribution in [0.3, 0.4) is 0 Å². The maximum atomic E-state index is 12.1. The highest BCUT2D eigenvalue weighted by Gasteiger charge is 2.18. The molecule has 1 aromatic heterocycles. The molecule has 122 valence electrons. The minimum Gasteiger partial charge on any atom is -0.449 e. The van der Waals surface area contributed by atoms with Crippen LogP contribution >= 0.6 is 12.4 Å². The summed E-state index contributed by atoms with van der Waals surface area (Å²) in [4.78, 5) is 4.38. The molecule has 2 aromatic rings. The summed E-state index contributed by atoms with van der Waals surface area (Å²) in [7, 11) is -3.56. The summed E-state index contributed by atoms with van der Waals surface area (Å²) in [5.74, 6) is 0.563. The Morgan fingerprint density at radius 1 is 1.27 bits per heavy atom. The monoisotopic (exact) mass is 345 g/mol. The standard InChI is InChI=1S/C14H19N3O3S.ClH/c1-10-17-13(8-20-10)11-4-6-12(7-5-11)21(18,19)16-9-14(2,3)15;/h4-8,16H,9,15H2,1-3H3;1H. The third-order valence-corrected chi connectivity index (χ3v) is 4.21. The summed E-state index contributed by atoms with van der Waals surface area (Å²) < 4.78 is 31.9. The van der Waals surface area contributed by atoms with Crippen LogP contribution in [0.15, 0.2) is 39.8 Å². The van der Waals surface area contributed by atoms with Gasteiger partial charge in [0.2, 0.25) is 10.0 Å². The molecule has 3 N–H and O–H groups in total. The summed E-state index contributed by atoms with van der Waals surface area (Å²) in [6, 6.07) is 6.45. The van der Waals surface area contributed by atoms with Crippen molar-refractivity contribution in [2.75, 3.05) is 6.54 Å². The first-order valence-corrected chi connectivity index (χ1v) is 7.97. The van der Waals surface area contributed by atoms with Gasteiger partial charge in [-0.05, 0) is 26.0 Å². The van der Waals surface area contributed by atoms with Gasteiger partial charge in [0, 0.05) is 24.6 Å². The molecule has 22 heavy (non-hydrogen) atoms. The number of hydrogen-bond donors (Lipinski definition) is 2. The zero-order valence-corrected chi connectivity index (χ0v) is 14.3. The number of sulfonamides is 1. The highest BCUT2D eigenvalue weighted by atomic mass is 35.5. The molecular weight excluding hydrogens is 326 g/mol. The molecule has 0 unspecified atom stereocenters. The van der Waals surface area contributed by atoms with Crippen molar-refractivity contribution in [3.8, 4) is 11.3 Å². The van der Waals surface area contributed by atoms with Gasteiger partial charge in [0.15, 0.2) is 5.89 Å². The molecule has 0 radical (unpaired) electrons. The molecule has 0 bridgehead atoms. The van der Waals surface area contributed by atoms with Crippen LogP contribution in [-0.4, -0.2) is 25.5 Å². The van der Waals surface area contributed by atoms with Crippen LogP contribution in [0, 0.1) is 6.92 Å². The molecule has 0 atom stereocenters. The average Bonchev–Trinajstić information content (AvgIpc) is 2.83. The predicted molar refractivity (Wildman–Crippen MR) is 87.4 cm³/mol. The third kappa shape index (κ3) is 4.81. The van der Waals surface area contributed by atoms with E-state index in [0.717, 1.165) is 5.56 Å². The van der Waals surface area contributed by atoms with E-state index in [9.17, 15) is 8.42 Å². The summed E-state index contributed by atoms with van der Waals surface area (Å²) in [5.41, 5.74) is 6.64. The zero-order valence-electron chi connectivity index (χ0n) is 12.7. The Labute approximate surface area is 136 Å². The van der Waals surface area contributed by atoms with Gasteiger partial charge < -0.3 is 10.2 Å². The summed E-state index contributed by atoms with van der Waals surface area (Å²) in [6.07, 6.45) is 1.54. The Morgan fingerprint density at radius 2 is 1.86 bits per heavy atom. The molecule has 0 spiro atoms. The van der Waals surface area contributed by atoms with Crippen molar-refractivity contribution in [1.82, 2.24) is 9.71 Å². The Bertz CT molecular complexity index is 719. The van der Waals surface area contributed by atoms with Crippen LogP contribution in [0.1, 0.15) is 19.7 Å². The molecule has 1 heterocycles. The molecule has 6 nitrogen and oxygen atoms in total. The normalized spacial score (nSPS) is 12.0. The van der Waals surface area contributed by atoms with Crippen molar-refractivity contribution < 1.29 is 12.8 Å². The maximum absolute atomic E-state index is 12.1. The number of nitrogens with one attached hydrogen (secondary N) is 1. The number of nitrogens with two attached hydrogens (primary N) is 1. The van der Waals surface area contributed by atoms with Crippen molar-refractivity contribution in [3.63, 3.8) is 0 Å². The van der Waals surface area contributed by atoms with Crippen molar-refractivity contribution in [1.29, 1.82) is 0 Å². The van der Waals surface area contributed by atoms with Crippen LogP contribution in [0.25, 0.3) is 11.3 Å². The zero-order chi connectivity index (χ0) is 15.7. The van der Waals surface area contributed by atoms with Gasteiger partial charge in [0.05, 0.1) is 4.90 Å². The SMILES string of the molecule is Cc1nc(-c2ccc(S(=O)(=O)NCC(C)(C)N)cc2)co1.Cl. The van der Waals surface area contributed by atoms with Gasteiger partial charge in [-0.1, -0.05) is 12.1 Å². The largest absolute Gasteiger partial charge is 0.449 e. The molecule has 0 saturated heterocycles. The highest BCUT2D eigenvalue weighted by Crippen LogP contribution is 2.20. The van der Waals surface area contributed by atoms with E-state index in [0.29, 0.717) is 11.6 Å². The number of nitrogens with zero attached hydrogens (tertiary/aromatic N) is 1. The average molecular weight is 346 g/mol. The number of rotatable bonds is 5. The van der Waals surface area contributed by atoms with Gasteiger partial charge in [0.25, 0.3) is 0 Å². The van der Waals surface area contributed by atoms with Crippen molar-refractivity contribution >= 4 is 22.4 Å². The van der Waals surface area contributed by atoms with E-state index in [1.54, 1.807) is 32.9 Å². The summed E-state index contributed by atoms with van der Waals surface area (Å²) in [6.45, 7) is 5.43. The van der Waals surface area contributed by atoms with Gasteiger partial charge in [-0.2, -0.15) is 0 Å². The number of aromatic nitrogens is 1. The molecule has 8 heteroatoms. The van der Waals surface area contributed by atoms with Crippen LogP contribution in [0.5, 0.6) is 0 Å². The smallest absolute Gasteiger partial charge is 0.240 e. The first kappa shape index (κ1) is 18.6. The van der Waals surface area contributed by atoms with Crippen molar-refractivity contribution in [2.24, 2.45) is 5.73 Å². The molecule has 0 aliphatic heterocycles. The molecule has 0 amide bonds. The molecule has 0 fully saturated rings. The van der Waals surface area contributed by atoms with E-state index in [2.05, 4.69) is 9.71 Å². The van der Waals surface area contributed by atoms with E-state index in [1.165, 1.54) is 18.4 Å². The quantitative estimate of drug-likeness (QED) is 0.864. The summed E-state index contributed by atoms with van der Waals surface area (Å²) in [5, 5.41) is 0. The molecule has 0 aliphatic carbocycles. The third-order valence-electron chi connectivity index (χ3n) is 2.80. The van der Waals surface area contributed by atoms with Gasteiger partial charge in [-0.25, -0.2) is 18.1 Å². The number of aryl methyl sites for hydroxylation is 1. The second-order valence-electron chi connectivity index (χ2n) is 5.59. The minimum atomic E-state index is -3.56. The van der Waals surface area contributed by atoms with Crippen LogP contribution in [0.2, 0.25) is 0 Å². The van der Waals surface area contributed by atoms with Gasteiger partial charge >= 0.3 is 0 Å². The molecular formula is C14H20ClN3O3S. The van der Waals surface area contributed by atoms with E-state index in [1.807, 2.05) is 0 Å². The van der Waals surface area contributed by atoms with Crippen molar-refractivity contribution in [2.45, 2.75) is 31.2 Å². The van der Waals surface area contributed by atoms with Gasteiger partial charge in [0.1, 0.15) is 12.0 Å². The Morgan fingerprint density at radius 3 is 2.32 bits per heavy atom. The second-order valence-corrected chi connectivity index (χ2v) is 7.36.